The number of hydrogen-bond acceptors (Lipinski definition) is 5. The lowest BCUT2D eigenvalue weighted by Gasteiger charge is -2.05. The molecule has 27 heavy (non-hydrogen) atoms. The van der Waals surface area contributed by atoms with E-state index < -0.39 is 4.92 Å². The molecule has 1 amide bonds. The number of nitrogens with one attached hydrogen (secondary N) is 1. The quantitative estimate of drug-likeness (QED) is 0.247. The SMILES string of the molecule is CCCCOC(=O)c1ccc(NC(=O)C=Cc2ccc([N+](=O)[O-])cc2)cc1. The molecular formula is C20H20N2O5. The second-order valence-electron chi connectivity index (χ2n) is 5.74. The van der Waals surface area contributed by atoms with Gasteiger partial charge in [-0.05, 0) is 54.5 Å². The normalized spacial score (nSPS) is 10.6. The monoisotopic (exact) mass is 368 g/mol. The van der Waals surface area contributed by atoms with Crippen molar-refractivity contribution in [2.45, 2.75) is 19.8 Å². The number of amides is 1. The number of carbonyl (C=O) groups is 2. The number of nitro benzene ring substituents is 1. The predicted molar refractivity (Wildman–Crippen MR) is 102 cm³/mol. The number of anilines is 1. The number of nitrogens with zero attached hydrogens (tertiary/aromatic N) is 1. The topological polar surface area (TPSA) is 98.5 Å². The molecule has 0 aliphatic carbocycles. The van der Waals surface area contributed by atoms with Crippen LogP contribution in [0.5, 0.6) is 0 Å². The number of hydrogen-bond donors (Lipinski definition) is 1. The van der Waals surface area contributed by atoms with Crippen LogP contribution in [-0.2, 0) is 9.53 Å². The smallest absolute Gasteiger partial charge is 0.338 e. The lowest BCUT2D eigenvalue weighted by molar-refractivity contribution is -0.384. The summed E-state index contributed by atoms with van der Waals surface area (Å²) in [6.07, 6.45) is 4.65. The minimum Gasteiger partial charge on any atom is -0.462 e. The van der Waals surface area contributed by atoms with E-state index in [1.54, 1.807) is 42.5 Å². The maximum Gasteiger partial charge on any atom is 0.338 e. The number of unbranched alkanes of at least 4 members (excludes halogenated alkanes) is 1. The zero-order chi connectivity index (χ0) is 19.6. The van der Waals surface area contributed by atoms with Gasteiger partial charge in [0.1, 0.15) is 0 Å². The Labute approximate surface area is 156 Å². The number of carbonyl (C=O) groups excluding carboxylic acids is 2. The molecule has 2 aromatic carbocycles. The average molecular weight is 368 g/mol. The van der Waals surface area contributed by atoms with Crippen LogP contribution in [0.1, 0.15) is 35.7 Å². The highest BCUT2D eigenvalue weighted by atomic mass is 16.6. The van der Waals surface area contributed by atoms with E-state index in [0.717, 1.165) is 12.8 Å². The fourth-order valence-corrected chi connectivity index (χ4v) is 2.15. The van der Waals surface area contributed by atoms with Crippen LogP contribution in [0.15, 0.2) is 54.6 Å². The van der Waals surface area contributed by atoms with Crippen molar-refractivity contribution in [3.05, 3.63) is 75.8 Å². The van der Waals surface area contributed by atoms with Gasteiger partial charge in [-0.1, -0.05) is 13.3 Å². The van der Waals surface area contributed by atoms with E-state index in [9.17, 15) is 19.7 Å². The lowest BCUT2D eigenvalue weighted by Crippen LogP contribution is -2.09. The Morgan fingerprint density at radius 1 is 1.11 bits per heavy atom. The van der Waals surface area contributed by atoms with E-state index in [4.69, 9.17) is 4.74 Å². The summed E-state index contributed by atoms with van der Waals surface area (Å²) in [5, 5.41) is 13.3. The first-order valence-corrected chi connectivity index (χ1v) is 8.50. The number of nitro groups is 1. The van der Waals surface area contributed by atoms with Gasteiger partial charge in [0, 0.05) is 23.9 Å². The molecule has 0 radical (unpaired) electrons. The van der Waals surface area contributed by atoms with Gasteiger partial charge >= 0.3 is 5.97 Å². The minimum absolute atomic E-state index is 0.00934. The third kappa shape index (κ3) is 6.39. The molecule has 0 saturated heterocycles. The molecule has 0 heterocycles. The number of rotatable bonds is 8. The zero-order valence-electron chi connectivity index (χ0n) is 14.9. The Balaban J connectivity index is 1.89. The van der Waals surface area contributed by atoms with Gasteiger partial charge in [-0.2, -0.15) is 0 Å². The van der Waals surface area contributed by atoms with Gasteiger partial charge in [-0.15, -0.1) is 0 Å². The van der Waals surface area contributed by atoms with Crippen molar-refractivity contribution in [2.75, 3.05) is 11.9 Å². The van der Waals surface area contributed by atoms with Crippen molar-refractivity contribution >= 4 is 29.3 Å². The second-order valence-corrected chi connectivity index (χ2v) is 5.74. The Morgan fingerprint density at radius 2 is 1.78 bits per heavy atom. The van der Waals surface area contributed by atoms with Crippen LogP contribution >= 0.6 is 0 Å². The molecule has 0 aliphatic heterocycles. The lowest BCUT2D eigenvalue weighted by atomic mass is 10.2. The van der Waals surface area contributed by atoms with Gasteiger partial charge in [0.15, 0.2) is 0 Å². The van der Waals surface area contributed by atoms with E-state index in [1.165, 1.54) is 18.2 Å². The Morgan fingerprint density at radius 3 is 2.37 bits per heavy atom. The maximum atomic E-state index is 12.0. The molecular weight excluding hydrogens is 348 g/mol. The van der Waals surface area contributed by atoms with E-state index in [2.05, 4.69) is 5.32 Å². The maximum absolute atomic E-state index is 12.0. The van der Waals surface area contributed by atoms with Crippen LogP contribution in [-0.4, -0.2) is 23.4 Å². The number of benzene rings is 2. The Kier molecular flexibility index (Phi) is 7.25. The number of non-ortho nitro benzene ring substituents is 1. The molecule has 0 saturated carbocycles. The molecule has 2 aromatic rings. The van der Waals surface area contributed by atoms with Gasteiger partial charge in [0.05, 0.1) is 17.1 Å². The third-order valence-electron chi connectivity index (χ3n) is 3.65. The summed E-state index contributed by atoms with van der Waals surface area (Å²) < 4.78 is 5.12. The number of ether oxygens (including phenoxy) is 1. The van der Waals surface area contributed by atoms with Crippen LogP contribution in [0.2, 0.25) is 0 Å². The largest absolute Gasteiger partial charge is 0.462 e. The molecule has 0 unspecified atom stereocenters. The highest BCUT2D eigenvalue weighted by Gasteiger charge is 2.07. The van der Waals surface area contributed by atoms with Crippen LogP contribution in [0.4, 0.5) is 11.4 Å². The summed E-state index contributed by atoms with van der Waals surface area (Å²) in [4.78, 5) is 33.9. The first kappa shape index (κ1) is 19.8. The highest BCUT2D eigenvalue weighted by Crippen LogP contribution is 2.14. The first-order valence-electron chi connectivity index (χ1n) is 8.50. The van der Waals surface area contributed by atoms with Crippen LogP contribution < -0.4 is 5.32 Å². The molecule has 0 spiro atoms. The van der Waals surface area contributed by atoms with Gasteiger partial charge < -0.3 is 10.1 Å². The molecule has 7 nitrogen and oxygen atoms in total. The summed E-state index contributed by atoms with van der Waals surface area (Å²) in [6, 6.07) is 12.3. The molecule has 0 aliphatic rings. The molecule has 0 fully saturated rings. The van der Waals surface area contributed by atoms with Gasteiger partial charge in [0.25, 0.3) is 5.69 Å². The average Bonchev–Trinajstić information content (AvgIpc) is 2.67. The molecule has 1 N–H and O–H groups in total. The molecule has 7 heteroatoms. The fraction of sp³-hybridized carbons (Fsp3) is 0.200. The third-order valence-corrected chi connectivity index (χ3v) is 3.65. The van der Waals surface area contributed by atoms with Crippen molar-refractivity contribution < 1.29 is 19.2 Å². The van der Waals surface area contributed by atoms with Crippen molar-refractivity contribution in [1.82, 2.24) is 0 Å². The standard InChI is InChI=1S/C20H20N2O5/c1-2-3-14-27-20(24)16-7-9-17(10-8-16)21-19(23)13-6-15-4-11-18(12-5-15)22(25)26/h4-13H,2-3,14H2,1H3,(H,21,23). The van der Waals surface area contributed by atoms with Crippen molar-refractivity contribution in [3.63, 3.8) is 0 Å². The molecule has 0 bridgehead atoms. The van der Waals surface area contributed by atoms with Crippen molar-refractivity contribution in [1.29, 1.82) is 0 Å². The van der Waals surface area contributed by atoms with E-state index in [-0.39, 0.29) is 17.6 Å². The molecule has 2 rings (SSSR count). The highest BCUT2D eigenvalue weighted by molar-refractivity contribution is 6.02. The predicted octanol–water partition coefficient (Wildman–Crippen LogP) is 4.20. The minimum atomic E-state index is -0.483. The second kappa shape index (κ2) is 9.86. The van der Waals surface area contributed by atoms with E-state index in [1.807, 2.05) is 6.92 Å². The zero-order valence-corrected chi connectivity index (χ0v) is 14.9. The fourth-order valence-electron chi connectivity index (χ4n) is 2.15. The molecule has 0 aromatic heterocycles. The first-order chi connectivity index (χ1) is 13.0. The van der Waals surface area contributed by atoms with Crippen molar-refractivity contribution in [2.24, 2.45) is 0 Å². The van der Waals surface area contributed by atoms with E-state index in [0.29, 0.717) is 23.4 Å². The number of esters is 1. The summed E-state index contributed by atoms with van der Waals surface area (Å²) in [5.74, 6) is -0.744. The van der Waals surface area contributed by atoms with Gasteiger partial charge in [-0.25, -0.2) is 4.79 Å². The summed E-state index contributed by atoms with van der Waals surface area (Å²) in [6.45, 7) is 2.41. The Hall–Kier alpha value is -3.48. The van der Waals surface area contributed by atoms with Gasteiger partial charge in [0.2, 0.25) is 5.91 Å². The van der Waals surface area contributed by atoms with Crippen LogP contribution in [0.3, 0.4) is 0 Å². The van der Waals surface area contributed by atoms with Gasteiger partial charge in [-0.3, -0.25) is 14.9 Å². The van der Waals surface area contributed by atoms with Crippen LogP contribution in [0, 0.1) is 10.1 Å². The van der Waals surface area contributed by atoms with Crippen LogP contribution in [0.25, 0.3) is 6.08 Å². The van der Waals surface area contributed by atoms with Crippen molar-refractivity contribution in [3.8, 4) is 0 Å². The summed E-state index contributed by atoms with van der Waals surface area (Å²) >= 11 is 0. The van der Waals surface area contributed by atoms with E-state index >= 15 is 0 Å². The Bertz CT molecular complexity index is 826. The molecule has 140 valence electrons. The molecule has 0 atom stereocenters. The summed E-state index contributed by atoms with van der Waals surface area (Å²) in [7, 11) is 0. The summed E-state index contributed by atoms with van der Waals surface area (Å²) in [5.41, 5.74) is 1.62.